The van der Waals surface area contributed by atoms with Crippen molar-refractivity contribution in [2.75, 3.05) is 13.1 Å². The van der Waals surface area contributed by atoms with Gasteiger partial charge >= 0.3 is 0 Å². The van der Waals surface area contributed by atoms with E-state index >= 15 is 0 Å². The number of likely N-dealkylation sites (tertiary alicyclic amines) is 1. The summed E-state index contributed by atoms with van der Waals surface area (Å²) < 4.78 is 5.72. The lowest BCUT2D eigenvalue weighted by atomic mass is 10.2. The van der Waals surface area contributed by atoms with E-state index in [0.717, 1.165) is 6.42 Å². The van der Waals surface area contributed by atoms with Gasteiger partial charge in [0.15, 0.2) is 0 Å². The number of amides is 1. The third kappa shape index (κ3) is 2.77. The Hall–Kier alpha value is -2.43. The van der Waals surface area contributed by atoms with Crippen LogP contribution in [-0.4, -0.2) is 40.2 Å². The van der Waals surface area contributed by atoms with Gasteiger partial charge in [0.05, 0.1) is 6.54 Å². The minimum absolute atomic E-state index is 0.0145. The molecule has 1 aliphatic rings. The molecule has 1 amide bonds. The van der Waals surface area contributed by atoms with Crippen molar-refractivity contribution < 1.29 is 9.53 Å². The molecule has 0 aliphatic carbocycles. The molecule has 5 nitrogen and oxygen atoms in total. The Morgan fingerprint density at radius 3 is 2.80 bits per heavy atom. The van der Waals surface area contributed by atoms with E-state index in [9.17, 15) is 4.79 Å². The zero-order chi connectivity index (χ0) is 13.8. The molecule has 1 aromatic carbocycles. The normalized spacial score (nSPS) is 18.0. The highest BCUT2D eigenvalue weighted by Crippen LogP contribution is 2.17. The minimum Gasteiger partial charge on any atom is -0.471 e. The summed E-state index contributed by atoms with van der Waals surface area (Å²) in [6, 6.07) is 12.9. The van der Waals surface area contributed by atoms with Crippen LogP contribution < -0.4 is 4.74 Å². The molecule has 1 aromatic heterocycles. The highest BCUT2D eigenvalue weighted by molar-refractivity contribution is 5.94. The maximum atomic E-state index is 12.3. The predicted octanol–water partition coefficient (Wildman–Crippen LogP) is 1.77. The van der Waals surface area contributed by atoms with Crippen molar-refractivity contribution in [2.24, 2.45) is 0 Å². The molecule has 1 aliphatic heterocycles. The van der Waals surface area contributed by atoms with Crippen molar-refractivity contribution in [2.45, 2.75) is 12.5 Å². The van der Waals surface area contributed by atoms with E-state index in [4.69, 9.17) is 4.74 Å². The summed E-state index contributed by atoms with van der Waals surface area (Å²) in [4.78, 5) is 14.1. The Labute approximate surface area is 117 Å². The summed E-state index contributed by atoms with van der Waals surface area (Å²) in [6.45, 7) is 1.29. The highest BCUT2D eigenvalue weighted by atomic mass is 16.5. The first-order valence-electron chi connectivity index (χ1n) is 6.61. The fourth-order valence-electron chi connectivity index (χ4n) is 2.29. The van der Waals surface area contributed by atoms with Crippen molar-refractivity contribution >= 4 is 5.91 Å². The average Bonchev–Trinajstić information content (AvgIpc) is 2.97. The lowest BCUT2D eigenvalue weighted by molar-refractivity contribution is 0.0771. The molecule has 0 N–H and O–H groups in total. The minimum atomic E-state index is -0.0145. The molecule has 2 aromatic rings. The van der Waals surface area contributed by atoms with E-state index < -0.39 is 0 Å². The van der Waals surface area contributed by atoms with Crippen molar-refractivity contribution in [3.05, 3.63) is 54.2 Å². The SMILES string of the molecule is O=C(c1ccccc1)N1CCC(Oc2cccnn2)C1. The van der Waals surface area contributed by atoms with Crippen LogP contribution in [0.5, 0.6) is 5.88 Å². The first-order valence-corrected chi connectivity index (χ1v) is 6.61. The third-order valence-electron chi connectivity index (χ3n) is 3.29. The number of rotatable bonds is 3. The van der Waals surface area contributed by atoms with Crippen molar-refractivity contribution in [3.8, 4) is 5.88 Å². The van der Waals surface area contributed by atoms with E-state index in [1.165, 1.54) is 0 Å². The molecule has 0 spiro atoms. The Bertz CT molecular complexity index is 574. The van der Waals surface area contributed by atoms with Crippen LogP contribution in [0.4, 0.5) is 0 Å². The molecule has 5 heteroatoms. The van der Waals surface area contributed by atoms with Crippen molar-refractivity contribution in [1.82, 2.24) is 15.1 Å². The average molecular weight is 269 g/mol. The number of hydrogen-bond acceptors (Lipinski definition) is 4. The molecule has 1 saturated heterocycles. The number of aromatic nitrogens is 2. The quantitative estimate of drug-likeness (QED) is 0.852. The van der Waals surface area contributed by atoms with Crippen LogP contribution >= 0.6 is 0 Å². The van der Waals surface area contributed by atoms with Gasteiger partial charge in [-0.2, -0.15) is 5.10 Å². The second-order valence-electron chi connectivity index (χ2n) is 4.71. The molecule has 1 unspecified atom stereocenters. The number of hydrogen-bond donors (Lipinski definition) is 0. The zero-order valence-electron chi connectivity index (χ0n) is 11.0. The van der Waals surface area contributed by atoms with E-state index in [1.807, 2.05) is 35.2 Å². The van der Waals surface area contributed by atoms with Crippen molar-refractivity contribution in [3.63, 3.8) is 0 Å². The molecular formula is C15H15N3O2. The van der Waals surface area contributed by atoms with Gasteiger partial charge in [0.25, 0.3) is 5.91 Å². The molecule has 20 heavy (non-hydrogen) atoms. The Kier molecular flexibility index (Phi) is 3.58. The summed E-state index contributed by atoms with van der Waals surface area (Å²) in [7, 11) is 0. The molecule has 1 atom stereocenters. The Morgan fingerprint density at radius 1 is 1.20 bits per heavy atom. The van der Waals surface area contributed by atoms with Gasteiger partial charge < -0.3 is 9.64 Å². The summed E-state index contributed by atoms with van der Waals surface area (Å²) in [5, 5.41) is 7.67. The van der Waals surface area contributed by atoms with Crippen molar-refractivity contribution in [1.29, 1.82) is 0 Å². The van der Waals surface area contributed by atoms with Crippen LogP contribution in [0.2, 0.25) is 0 Å². The largest absolute Gasteiger partial charge is 0.471 e. The first kappa shape index (κ1) is 12.6. The Balaban J connectivity index is 1.61. The zero-order valence-corrected chi connectivity index (χ0v) is 11.0. The molecule has 0 bridgehead atoms. The van der Waals surface area contributed by atoms with Gasteiger partial charge in [0.2, 0.25) is 5.88 Å². The lowest BCUT2D eigenvalue weighted by Crippen LogP contribution is -2.31. The van der Waals surface area contributed by atoms with Crippen LogP contribution in [0.1, 0.15) is 16.8 Å². The van der Waals surface area contributed by atoms with Crippen LogP contribution in [0, 0.1) is 0 Å². The van der Waals surface area contributed by atoms with Gasteiger partial charge in [-0.15, -0.1) is 5.10 Å². The monoisotopic (exact) mass is 269 g/mol. The molecule has 102 valence electrons. The van der Waals surface area contributed by atoms with Gasteiger partial charge in [0.1, 0.15) is 6.10 Å². The summed E-state index contributed by atoms with van der Waals surface area (Å²) in [5.41, 5.74) is 0.715. The third-order valence-corrected chi connectivity index (χ3v) is 3.29. The van der Waals surface area contributed by atoms with Gasteiger partial charge in [-0.25, -0.2) is 0 Å². The van der Waals surface area contributed by atoms with Crippen LogP contribution in [0.25, 0.3) is 0 Å². The standard InChI is InChI=1S/C15H15N3O2/c19-15(12-5-2-1-3-6-12)18-10-8-13(11-18)20-14-7-4-9-16-17-14/h1-7,9,13H,8,10-11H2. The van der Waals surface area contributed by atoms with Crippen LogP contribution in [-0.2, 0) is 0 Å². The maximum absolute atomic E-state index is 12.3. The molecule has 0 saturated carbocycles. The van der Waals surface area contributed by atoms with E-state index in [1.54, 1.807) is 18.3 Å². The first-order chi connectivity index (χ1) is 9.83. The number of carbonyl (C=O) groups excluding carboxylic acids is 1. The number of nitrogens with zero attached hydrogens (tertiary/aromatic N) is 3. The second kappa shape index (κ2) is 5.69. The molecule has 3 rings (SSSR count). The predicted molar refractivity (Wildman–Crippen MR) is 73.4 cm³/mol. The second-order valence-corrected chi connectivity index (χ2v) is 4.71. The number of benzene rings is 1. The number of ether oxygens (including phenoxy) is 1. The summed E-state index contributed by atoms with van der Waals surface area (Å²) >= 11 is 0. The fourth-order valence-corrected chi connectivity index (χ4v) is 2.29. The van der Waals surface area contributed by atoms with Crippen LogP contribution in [0.3, 0.4) is 0 Å². The van der Waals surface area contributed by atoms with Gasteiger partial charge in [0, 0.05) is 30.8 Å². The molecule has 2 heterocycles. The summed E-state index contributed by atoms with van der Waals surface area (Å²) in [6.07, 6.45) is 2.40. The smallest absolute Gasteiger partial charge is 0.253 e. The lowest BCUT2D eigenvalue weighted by Gasteiger charge is -2.16. The van der Waals surface area contributed by atoms with E-state index in [-0.39, 0.29) is 12.0 Å². The van der Waals surface area contributed by atoms with Gasteiger partial charge in [-0.05, 0) is 18.2 Å². The maximum Gasteiger partial charge on any atom is 0.253 e. The highest BCUT2D eigenvalue weighted by Gasteiger charge is 2.28. The van der Waals surface area contributed by atoms with E-state index in [0.29, 0.717) is 24.5 Å². The Morgan fingerprint density at radius 2 is 2.05 bits per heavy atom. The number of carbonyl (C=O) groups is 1. The summed E-state index contributed by atoms with van der Waals surface area (Å²) in [5.74, 6) is 0.558. The van der Waals surface area contributed by atoms with Gasteiger partial charge in [-0.1, -0.05) is 18.2 Å². The van der Waals surface area contributed by atoms with E-state index in [2.05, 4.69) is 10.2 Å². The topological polar surface area (TPSA) is 55.3 Å². The van der Waals surface area contributed by atoms with Crippen LogP contribution in [0.15, 0.2) is 48.7 Å². The molecule has 1 fully saturated rings. The van der Waals surface area contributed by atoms with Gasteiger partial charge in [-0.3, -0.25) is 4.79 Å². The fraction of sp³-hybridized carbons (Fsp3) is 0.267. The molecular weight excluding hydrogens is 254 g/mol. The molecule has 0 radical (unpaired) electrons.